The maximum absolute atomic E-state index is 12.9. The molecule has 0 fully saturated rings. The van der Waals surface area contributed by atoms with E-state index in [0.29, 0.717) is 11.3 Å². The van der Waals surface area contributed by atoms with Crippen molar-refractivity contribution in [1.29, 1.82) is 0 Å². The minimum atomic E-state index is -0.900. The molecule has 0 radical (unpaired) electrons. The Morgan fingerprint density at radius 3 is 2.53 bits per heavy atom. The predicted molar refractivity (Wildman–Crippen MR) is 139 cm³/mol. The number of carbonyl (C=O) groups is 4. The molecule has 0 aliphatic carbocycles. The molecule has 3 rings (SSSR count). The molecule has 0 aliphatic heterocycles. The maximum atomic E-state index is 12.9. The highest BCUT2D eigenvalue weighted by molar-refractivity contribution is 7.12. The maximum Gasteiger partial charge on any atom is 0.270 e. The van der Waals surface area contributed by atoms with E-state index in [-0.39, 0.29) is 24.8 Å². The Bertz CT molecular complexity index is 1200. The number of hydrogen-bond donors (Lipinski definition) is 2. The van der Waals surface area contributed by atoms with Crippen LogP contribution in [0, 0.1) is 5.92 Å². The van der Waals surface area contributed by atoms with Crippen LogP contribution in [-0.4, -0.2) is 52.5 Å². The van der Waals surface area contributed by atoms with Gasteiger partial charge in [0.1, 0.15) is 0 Å². The number of thiophene rings is 1. The second kappa shape index (κ2) is 12.9. The topological polar surface area (TPSA) is 122 Å². The van der Waals surface area contributed by atoms with Gasteiger partial charge >= 0.3 is 0 Å². The summed E-state index contributed by atoms with van der Waals surface area (Å²) in [4.78, 5) is 56.5. The summed E-state index contributed by atoms with van der Waals surface area (Å²) < 4.78 is 0. The monoisotopic (exact) mass is 506 g/mol. The number of amides is 3. The molecule has 0 unspecified atom stereocenters. The van der Waals surface area contributed by atoms with Crippen LogP contribution in [-0.2, 0) is 20.8 Å². The quantitative estimate of drug-likeness (QED) is 0.412. The molecule has 8 nitrogen and oxygen atoms in total. The van der Waals surface area contributed by atoms with Gasteiger partial charge < -0.3 is 11.1 Å². The zero-order valence-electron chi connectivity index (χ0n) is 20.3. The highest BCUT2D eigenvalue weighted by atomic mass is 32.1. The largest absolute Gasteiger partial charge is 0.349 e. The van der Waals surface area contributed by atoms with Crippen LogP contribution >= 0.6 is 11.3 Å². The highest BCUT2D eigenvalue weighted by Gasteiger charge is 2.30. The van der Waals surface area contributed by atoms with E-state index in [1.807, 2.05) is 56.3 Å². The molecular weight excluding hydrogens is 476 g/mol. The number of carbonyl (C=O) groups excluding carboxylic acids is 4. The van der Waals surface area contributed by atoms with Gasteiger partial charge in [-0.2, -0.15) is 0 Å². The van der Waals surface area contributed by atoms with Gasteiger partial charge in [0.2, 0.25) is 11.8 Å². The van der Waals surface area contributed by atoms with E-state index < -0.39 is 30.2 Å². The normalized spacial score (nSPS) is 11.7. The first-order chi connectivity index (χ1) is 17.2. The lowest BCUT2D eigenvalue weighted by atomic mass is 10.0. The van der Waals surface area contributed by atoms with Gasteiger partial charge in [0.05, 0.1) is 36.1 Å². The lowest BCUT2D eigenvalue weighted by molar-refractivity contribution is -0.134. The van der Waals surface area contributed by atoms with E-state index in [1.165, 1.54) is 11.3 Å². The number of hydrogen-bond acceptors (Lipinski definition) is 7. The molecule has 3 N–H and O–H groups in total. The molecule has 1 atom stereocenters. The van der Waals surface area contributed by atoms with Crippen LogP contribution in [0.5, 0.6) is 0 Å². The Morgan fingerprint density at radius 2 is 1.86 bits per heavy atom. The van der Waals surface area contributed by atoms with Gasteiger partial charge in [-0.05, 0) is 47.5 Å². The number of nitrogens with two attached hydrogens (primary N) is 1. The summed E-state index contributed by atoms with van der Waals surface area (Å²) in [6.45, 7) is 3.08. The number of rotatable bonds is 11. The van der Waals surface area contributed by atoms with Crippen molar-refractivity contribution in [2.45, 2.75) is 32.7 Å². The lowest BCUT2D eigenvalue weighted by Crippen LogP contribution is -2.50. The summed E-state index contributed by atoms with van der Waals surface area (Å²) in [5, 5.41) is 4.30. The van der Waals surface area contributed by atoms with Crippen LogP contribution < -0.4 is 11.1 Å². The molecule has 0 spiro atoms. The zero-order valence-corrected chi connectivity index (χ0v) is 21.2. The number of aromatic nitrogens is 1. The van der Waals surface area contributed by atoms with Crippen LogP contribution in [0.3, 0.4) is 0 Å². The van der Waals surface area contributed by atoms with Crippen molar-refractivity contribution in [2.24, 2.45) is 11.7 Å². The number of Topliss-reactive ketones (excluding diaryl/α,β-unsaturated/α-hetero) is 1. The minimum Gasteiger partial charge on any atom is -0.349 e. The van der Waals surface area contributed by atoms with Crippen molar-refractivity contribution < 1.29 is 19.2 Å². The average molecular weight is 507 g/mol. The van der Waals surface area contributed by atoms with Crippen LogP contribution in [0.4, 0.5) is 0 Å². The number of nitrogens with zero attached hydrogens (tertiary/aromatic N) is 2. The number of benzene rings is 1. The smallest absolute Gasteiger partial charge is 0.270 e. The molecule has 0 saturated heterocycles. The second-order valence-electron chi connectivity index (χ2n) is 8.85. The van der Waals surface area contributed by atoms with Crippen molar-refractivity contribution in [3.63, 3.8) is 0 Å². The summed E-state index contributed by atoms with van der Waals surface area (Å²) in [6.07, 6.45) is 2.16. The fraction of sp³-hybridized carbons (Fsp3) is 0.296. The van der Waals surface area contributed by atoms with Crippen LogP contribution in [0.1, 0.15) is 35.5 Å². The van der Waals surface area contributed by atoms with Crippen molar-refractivity contribution in [2.75, 3.05) is 13.1 Å². The van der Waals surface area contributed by atoms with Crippen molar-refractivity contribution in [3.05, 3.63) is 76.6 Å². The molecule has 0 saturated carbocycles. The Kier molecular flexibility index (Phi) is 9.61. The third-order valence-corrected chi connectivity index (χ3v) is 6.21. The molecule has 3 aromatic rings. The van der Waals surface area contributed by atoms with Crippen LogP contribution in [0.2, 0.25) is 0 Å². The van der Waals surface area contributed by atoms with E-state index in [2.05, 4.69) is 10.3 Å². The van der Waals surface area contributed by atoms with E-state index in [4.69, 9.17) is 5.73 Å². The van der Waals surface area contributed by atoms with Crippen LogP contribution in [0.25, 0.3) is 11.3 Å². The standard InChI is InChI=1S/C27H30N4O4S/c1-18(2)13-22(28)26(34)31(27(35)24-10-6-12-36-24)17-21(32)16-30-25(33)15-19-7-5-8-20(14-19)23-9-3-4-11-29-23/h3-12,14,18,22H,13,15-17,28H2,1-2H3,(H,30,33)/t22-/m0/s1. The fourth-order valence-corrected chi connectivity index (χ4v) is 4.32. The molecule has 3 amide bonds. The molecule has 36 heavy (non-hydrogen) atoms. The highest BCUT2D eigenvalue weighted by Crippen LogP contribution is 2.18. The first-order valence-corrected chi connectivity index (χ1v) is 12.6. The van der Waals surface area contributed by atoms with E-state index in [9.17, 15) is 19.2 Å². The van der Waals surface area contributed by atoms with Gasteiger partial charge in [-0.15, -0.1) is 11.3 Å². The van der Waals surface area contributed by atoms with Gasteiger partial charge in [-0.3, -0.25) is 29.1 Å². The summed E-state index contributed by atoms with van der Waals surface area (Å²) >= 11 is 1.18. The minimum absolute atomic E-state index is 0.0734. The third kappa shape index (κ3) is 7.66. The Morgan fingerprint density at radius 1 is 1.06 bits per heavy atom. The zero-order chi connectivity index (χ0) is 26.1. The van der Waals surface area contributed by atoms with Gasteiger partial charge in [0.25, 0.3) is 5.91 Å². The molecule has 2 aromatic heterocycles. The number of ketones is 1. The SMILES string of the molecule is CC(C)C[C@H](N)C(=O)N(CC(=O)CNC(=O)Cc1cccc(-c2ccccn2)c1)C(=O)c1cccs1. The summed E-state index contributed by atoms with van der Waals surface area (Å²) in [5.41, 5.74) is 8.48. The second-order valence-corrected chi connectivity index (χ2v) is 9.80. The average Bonchev–Trinajstić information content (AvgIpc) is 3.41. The number of imide groups is 1. The van der Waals surface area contributed by atoms with Gasteiger partial charge in [0, 0.05) is 11.8 Å². The van der Waals surface area contributed by atoms with Crippen molar-refractivity contribution in [1.82, 2.24) is 15.2 Å². The van der Waals surface area contributed by atoms with E-state index >= 15 is 0 Å². The summed E-state index contributed by atoms with van der Waals surface area (Å²) in [7, 11) is 0. The fourth-order valence-electron chi connectivity index (χ4n) is 3.64. The summed E-state index contributed by atoms with van der Waals surface area (Å²) in [6, 6.07) is 15.4. The van der Waals surface area contributed by atoms with Gasteiger partial charge in [0.15, 0.2) is 5.78 Å². The molecule has 0 bridgehead atoms. The first kappa shape index (κ1) is 26.9. The summed E-state index contributed by atoms with van der Waals surface area (Å²) in [5.74, 6) is -1.84. The number of pyridine rings is 1. The molecule has 2 heterocycles. The molecule has 188 valence electrons. The molecular formula is C27H30N4O4S. The van der Waals surface area contributed by atoms with E-state index in [1.54, 1.807) is 23.7 Å². The molecule has 1 aromatic carbocycles. The van der Waals surface area contributed by atoms with Crippen LogP contribution in [0.15, 0.2) is 66.2 Å². The molecule has 9 heteroatoms. The van der Waals surface area contributed by atoms with Gasteiger partial charge in [-0.25, -0.2) is 0 Å². The first-order valence-electron chi connectivity index (χ1n) is 11.7. The number of nitrogens with one attached hydrogen (secondary N) is 1. The van der Waals surface area contributed by atoms with Gasteiger partial charge in [-0.1, -0.05) is 44.2 Å². The Balaban J connectivity index is 1.60. The lowest BCUT2D eigenvalue weighted by Gasteiger charge is -2.24. The molecule has 0 aliphatic rings. The Hall–Kier alpha value is -3.69. The van der Waals surface area contributed by atoms with Crippen molar-refractivity contribution >= 4 is 34.8 Å². The van der Waals surface area contributed by atoms with E-state index in [0.717, 1.165) is 21.7 Å². The third-order valence-electron chi connectivity index (χ3n) is 5.36. The predicted octanol–water partition coefficient (Wildman–Crippen LogP) is 3.08. The van der Waals surface area contributed by atoms with Crippen molar-refractivity contribution in [3.8, 4) is 11.3 Å². The Labute approximate surface area is 214 Å².